The van der Waals surface area contributed by atoms with Crippen molar-refractivity contribution in [1.29, 1.82) is 0 Å². The molecular weight excluding hydrogens is 436 g/mol. The van der Waals surface area contributed by atoms with E-state index in [4.69, 9.17) is 4.42 Å². The largest absolute Gasteiger partial charge is 0.419 e. The third kappa shape index (κ3) is 4.30. The fraction of sp³-hybridized carbons (Fsp3) is 0.375. The molecule has 0 spiro atoms. The van der Waals surface area contributed by atoms with Crippen molar-refractivity contribution < 1.29 is 14.0 Å². The van der Waals surface area contributed by atoms with Crippen LogP contribution in [0.5, 0.6) is 0 Å². The fourth-order valence-electron chi connectivity index (χ4n) is 4.47. The molecule has 34 heavy (non-hydrogen) atoms. The van der Waals surface area contributed by atoms with Gasteiger partial charge < -0.3 is 15.1 Å². The molecule has 176 valence electrons. The Morgan fingerprint density at radius 2 is 1.91 bits per heavy atom. The van der Waals surface area contributed by atoms with Gasteiger partial charge in [-0.3, -0.25) is 14.2 Å². The van der Waals surface area contributed by atoms with Crippen LogP contribution in [0.2, 0.25) is 0 Å². The number of oxazole rings is 1. The van der Waals surface area contributed by atoms with Gasteiger partial charge in [-0.15, -0.1) is 0 Å². The number of hydrogen-bond acceptors (Lipinski definition) is 6. The van der Waals surface area contributed by atoms with E-state index in [1.165, 1.54) is 34.4 Å². The SMILES string of the molecule is Cn1c(=O)oc2ccc(CNC(=O)c3cc(C(=O)NCC4CCCCC4)n4nccc4n3)cc21. The van der Waals surface area contributed by atoms with Crippen LogP contribution in [0.15, 0.2) is 45.7 Å². The normalized spacial score (nSPS) is 14.5. The maximum atomic E-state index is 12.9. The molecule has 5 rings (SSSR count). The van der Waals surface area contributed by atoms with Crippen LogP contribution in [0.3, 0.4) is 0 Å². The zero-order valence-corrected chi connectivity index (χ0v) is 18.9. The third-order valence-electron chi connectivity index (χ3n) is 6.41. The minimum absolute atomic E-state index is 0.132. The number of carbonyl (C=O) groups is 2. The molecule has 3 aromatic heterocycles. The Hall–Kier alpha value is -3.95. The van der Waals surface area contributed by atoms with Crippen LogP contribution in [0.1, 0.15) is 58.6 Å². The van der Waals surface area contributed by atoms with Crippen molar-refractivity contribution in [3.05, 3.63) is 64.0 Å². The van der Waals surface area contributed by atoms with E-state index in [2.05, 4.69) is 20.7 Å². The highest BCUT2D eigenvalue weighted by atomic mass is 16.4. The number of benzene rings is 1. The lowest BCUT2D eigenvalue weighted by molar-refractivity contribution is 0.0935. The number of aromatic nitrogens is 4. The van der Waals surface area contributed by atoms with E-state index in [9.17, 15) is 14.4 Å². The summed E-state index contributed by atoms with van der Waals surface area (Å²) in [5.74, 6) is -0.639. The van der Waals surface area contributed by atoms with E-state index < -0.39 is 11.7 Å². The highest BCUT2D eigenvalue weighted by Gasteiger charge is 2.20. The molecule has 0 atom stereocenters. The molecule has 4 aromatic rings. The Morgan fingerprint density at radius 3 is 2.74 bits per heavy atom. The Labute approximate surface area is 195 Å². The average Bonchev–Trinajstić information content (AvgIpc) is 3.45. The van der Waals surface area contributed by atoms with E-state index in [0.29, 0.717) is 29.2 Å². The molecule has 0 aliphatic heterocycles. The lowest BCUT2D eigenvalue weighted by atomic mass is 9.89. The van der Waals surface area contributed by atoms with Crippen molar-refractivity contribution in [2.45, 2.75) is 38.6 Å². The van der Waals surface area contributed by atoms with Gasteiger partial charge in [0.1, 0.15) is 11.4 Å². The van der Waals surface area contributed by atoms with Crippen molar-refractivity contribution in [3.63, 3.8) is 0 Å². The van der Waals surface area contributed by atoms with E-state index in [1.54, 1.807) is 37.5 Å². The van der Waals surface area contributed by atoms with Gasteiger partial charge in [0.05, 0.1) is 11.7 Å². The average molecular weight is 463 g/mol. The lowest BCUT2D eigenvalue weighted by Gasteiger charge is -2.21. The topological polar surface area (TPSA) is 124 Å². The summed E-state index contributed by atoms with van der Waals surface area (Å²) in [6.07, 6.45) is 7.46. The van der Waals surface area contributed by atoms with Crippen LogP contribution in [0, 0.1) is 5.92 Å². The van der Waals surface area contributed by atoms with Gasteiger partial charge in [-0.1, -0.05) is 25.3 Å². The molecule has 1 fully saturated rings. The second-order valence-corrected chi connectivity index (χ2v) is 8.75. The summed E-state index contributed by atoms with van der Waals surface area (Å²) in [6.45, 7) is 0.841. The molecule has 0 radical (unpaired) electrons. The number of fused-ring (bicyclic) bond motifs is 2. The van der Waals surface area contributed by atoms with Gasteiger partial charge in [0.15, 0.2) is 11.2 Å². The highest BCUT2D eigenvalue weighted by Crippen LogP contribution is 2.23. The lowest BCUT2D eigenvalue weighted by Crippen LogP contribution is -2.32. The Balaban J connectivity index is 1.32. The van der Waals surface area contributed by atoms with Crippen molar-refractivity contribution in [1.82, 2.24) is 29.8 Å². The summed E-state index contributed by atoms with van der Waals surface area (Å²) in [5.41, 5.74) is 2.75. The molecule has 1 aliphatic carbocycles. The van der Waals surface area contributed by atoms with E-state index in [1.807, 2.05) is 0 Å². The predicted octanol–water partition coefficient (Wildman–Crippen LogP) is 2.41. The number of nitrogens with zero attached hydrogens (tertiary/aromatic N) is 4. The predicted molar refractivity (Wildman–Crippen MR) is 125 cm³/mol. The molecule has 2 amide bonds. The molecule has 10 nitrogen and oxygen atoms in total. The van der Waals surface area contributed by atoms with Gasteiger partial charge in [0, 0.05) is 32.3 Å². The standard InChI is InChI=1S/C24H26N6O4/c1-29-18-11-16(7-8-20(18)34-24(29)33)14-25-22(31)17-12-19(30-21(28-17)9-10-27-30)23(32)26-13-15-5-3-2-4-6-15/h7-12,15H,2-6,13-14H2,1H3,(H,25,31)(H,26,32). The van der Waals surface area contributed by atoms with E-state index >= 15 is 0 Å². The van der Waals surface area contributed by atoms with Crippen LogP contribution in [0.4, 0.5) is 0 Å². The molecule has 0 unspecified atom stereocenters. The minimum atomic E-state index is -0.441. The first-order valence-corrected chi connectivity index (χ1v) is 11.5. The molecule has 1 aliphatic rings. The van der Waals surface area contributed by atoms with Gasteiger partial charge in [-0.2, -0.15) is 5.10 Å². The molecule has 0 saturated heterocycles. The second kappa shape index (κ2) is 9.12. The van der Waals surface area contributed by atoms with Gasteiger partial charge in [-0.25, -0.2) is 14.3 Å². The van der Waals surface area contributed by atoms with E-state index in [-0.39, 0.29) is 23.8 Å². The zero-order valence-electron chi connectivity index (χ0n) is 18.9. The quantitative estimate of drug-likeness (QED) is 0.454. The summed E-state index contributed by atoms with van der Waals surface area (Å²) in [5, 5.41) is 10.0. The fourth-order valence-corrected chi connectivity index (χ4v) is 4.47. The van der Waals surface area contributed by atoms with Crippen LogP contribution in [-0.2, 0) is 13.6 Å². The summed E-state index contributed by atoms with van der Waals surface area (Å²) in [4.78, 5) is 41.9. The minimum Gasteiger partial charge on any atom is -0.408 e. The number of carbonyl (C=O) groups excluding carboxylic acids is 2. The Bertz CT molecular complexity index is 1430. The van der Waals surface area contributed by atoms with Crippen molar-refractivity contribution in [2.75, 3.05) is 6.54 Å². The van der Waals surface area contributed by atoms with Gasteiger partial charge in [0.25, 0.3) is 11.8 Å². The highest BCUT2D eigenvalue weighted by molar-refractivity contribution is 5.98. The molecule has 1 aromatic carbocycles. The summed E-state index contributed by atoms with van der Waals surface area (Å²) in [7, 11) is 1.63. The van der Waals surface area contributed by atoms with Gasteiger partial charge >= 0.3 is 5.76 Å². The molecule has 3 heterocycles. The Kier molecular flexibility index (Phi) is 5.87. The van der Waals surface area contributed by atoms with Crippen LogP contribution in [0.25, 0.3) is 16.7 Å². The first-order chi connectivity index (χ1) is 16.5. The molecule has 1 saturated carbocycles. The first-order valence-electron chi connectivity index (χ1n) is 11.5. The summed E-state index contributed by atoms with van der Waals surface area (Å²) < 4.78 is 8.00. The number of hydrogen-bond donors (Lipinski definition) is 2. The number of amides is 2. The van der Waals surface area contributed by atoms with Crippen molar-refractivity contribution in [2.24, 2.45) is 13.0 Å². The summed E-state index contributed by atoms with van der Waals surface area (Å²) in [6, 6.07) is 8.39. The Morgan fingerprint density at radius 1 is 1.09 bits per heavy atom. The van der Waals surface area contributed by atoms with Crippen LogP contribution < -0.4 is 16.4 Å². The molecule has 0 bridgehead atoms. The maximum Gasteiger partial charge on any atom is 0.419 e. The number of aryl methyl sites for hydroxylation is 1. The molecule has 2 N–H and O–H groups in total. The van der Waals surface area contributed by atoms with E-state index in [0.717, 1.165) is 18.4 Å². The number of nitrogens with one attached hydrogen (secondary N) is 2. The monoisotopic (exact) mass is 462 g/mol. The zero-order chi connectivity index (χ0) is 23.7. The maximum absolute atomic E-state index is 12.9. The van der Waals surface area contributed by atoms with Gasteiger partial charge in [-0.05, 0) is 36.5 Å². The first kappa shape index (κ1) is 21.9. The molecular formula is C24H26N6O4. The third-order valence-corrected chi connectivity index (χ3v) is 6.41. The van der Waals surface area contributed by atoms with Crippen LogP contribution in [-0.4, -0.2) is 37.5 Å². The summed E-state index contributed by atoms with van der Waals surface area (Å²) >= 11 is 0. The van der Waals surface area contributed by atoms with Crippen molar-refractivity contribution in [3.8, 4) is 0 Å². The van der Waals surface area contributed by atoms with Crippen molar-refractivity contribution >= 4 is 28.6 Å². The number of rotatable bonds is 6. The van der Waals surface area contributed by atoms with Crippen LogP contribution >= 0.6 is 0 Å². The second-order valence-electron chi connectivity index (χ2n) is 8.75. The van der Waals surface area contributed by atoms with Gasteiger partial charge in [0.2, 0.25) is 0 Å². The smallest absolute Gasteiger partial charge is 0.408 e. The molecule has 10 heteroatoms.